The van der Waals surface area contributed by atoms with Crippen molar-refractivity contribution in [3.63, 3.8) is 0 Å². The van der Waals surface area contributed by atoms with Crippen LogP contribution >= 0.6 is 22.3 Å². The average Bonchev–Trinajstić information content (AvgIpc) is 2.89. The van der Waals surface area contributed by atoms with Gasteiger partial charge in [-0.2, -0.15) is 0 Å². The van der Waals surface area contributed by atoms with Crippen LogP contribution in [0.25, 0.3) is 0 Å². The van der Waals surface area contributed by atoms with Gasteiger partial charge < -0.3 is 4.90 Å². The summed E-state index contributed by atoms with van der Waals surface area (Å²) in [5.41, 5.74) is 0.242. The van der Waals surface area contributed by atoms with E-state index in [-0.39, 0.29) is 27.4 Å². The quantitative estimate of drug-likeness (QED) is 0.796. The molecule has 20 heavy (non-hydrogen) atoms. The first-order valence-corrected chi connectivity index (χ1v) is 9.00. The van der Waals surface area contributed by atoms with Crippen LogP contribution in [0.4, 0.5) is 0 Å². The summed E-state index contributed by atoms with van der Waals surface area (Å²) in [7, 11) is 3.12. The summed E-state index contributed by atoms with van der Waals surface area (Å²) in [6.45, 7) is 0. The molecule has 0 aliphatic heterocycles. The first-order valence-electron chi connectivity index (χ1n) is 6.31. The summed E-state index contributed by atoms with van der Waals surface area (Å²) in [4.78, 5) is 13.9. The van der Waals surface area contributed by atoms with Crippen molar-refractivity contribution in [2.45, 2.75) is 36.6 Å². The van der Waals surface area contributed by atoms with Crippen LogP contribution in [-0.4, -0.2) is 32.3 Å². The summed E-state index contributed by atoms with van der Waals surface area (Å²) in [6, 6.07) is 4.16. The van der Waals surface area contributed by atoms with E-state index in [9.17, 15) is 13.2 Å². The maximum atomic E-state index is 12.4. The molecule has 1 saturated carbocycles. The summed E-state index contributed by atoms with van der Waals surface area (Å²) in [5, 5.41) is 0.176. The van der Waals surface area contributed by atoms with Gasteiger partial charge in [0.15, 0.2) is 0 Å². The van der Waals surface area contributed by atoms with Gasteiger partial charge in [0.25, 0.3) is 15.0 Å². The first-order chi connectivity index (χ1) is 9.29. The molecule has 0 N–H and O–H groups in total. The van der Waals surface area contributed by atoms with Crippen LogP contribution in [0.3, 0.4) is 0 Å². The number of halogens is 2. The Labute approximate surface area is 128 Å². The number of hydrogen-bond donors (Lipinski definition) is 0. The Morgan fingerprint density at radius 3 is 2.40 bits per heavy atom. The average molecular weight is 336 g/mol. The molecule has 0 bridgehead atoms. The number of carbonyl (C=O) groups excluding carboxylic acids is 1. The largest absolute Gasteiger partial charge is 0.339 e. The molecule has 1 aliphatic carbocycles. The zero-order chi connectivity index (χ0) is 14.9. The first kappa shape index (κ1) is 15.6. The molecule has 1 aromatic carbocycles. The van der Waals surface area contributed by atoms with Gasteiger partial charge in [0.05, 0.1) is 4.90 Å². The molecule has 0 radical (unpaired) electrons. The molecule has 2 rings (SSSR count). The third-order valence-electron chi connectivity index (χ3n) is 3.59. The zero-order valence-corrected chi connectivity index (χ0v) is 13.3. The minimum atomic E-state index is -3.91. The van der Waals surface area contributed by atoms with Crippen LogP contribution in [-0.2, 0) is 9.05 Å². The molecule has 0 saturated heterocycles. The third kappa shape index (κ3) is 3.45. The van der Waals surface area contributed by atoms with Gasteiger partial charge in [-0.1, -0.05) is 24.4 Å². The van der Waals surface area contributed by atoms with E-state index in [1.807, 2.05) is 0 Å². The van der Waals surface area contributed by atoms with Crippen molar-refractivity contribution in [2.24, 2.45) is 0 Å². The standard InChI is InChI=1S/C13H15Cl2NO3S/c1-16(11-4-2-3-5-11)13(17)9-6-10(14)8-12(7-9)20(15,18)19/h6-8,11H,2-5H2,1H3. The number of nitrogens with zero attached hydrogens (tertiary/aromatic N) is 1. The van der Waals surface area contributed by atoms with Gasteiger partial charge in [-0.3, -0.25) is 4.79 Å². The van der Waals surface area contributed by atoms with E-state index in [4.69, 9.17) is 22.3 Å². The molecule has 0 atom stereocenters. The maximum Gasteiger partial charge on any atom is 0.261 e. The van der Waals surface area contributed by atoms with Crippen molar-refractivity contribution in [2.75, 3.05) is 7.05 Å². The van der Waals surface area contributed by atoms with Gasteiger partial charge in [0, 0.05) is 34.4 Å². The predicted octanol–water partition coefficient (Wildman–Crippen LogP) is 3.28. The Balaban J connectivity index is 2.32. The summed E-state index contributed by atoms with van der Waals surface area (Å²) < 4.78 is 22.7. The molecular weight excluding hydrogens is 321 g/mol. The van der Waals surface area contributed by atoms with Gasteiger partial charge in [-0.25, -0.2) is 8.42 Å². The number of rotatable bonds is 3. The highest BCUT2D eigenvalue weighted by Gasteiger charge is 2.25. The minimum Gasteiger partial charge on any atom is -0.339 e. The van der Waals surface area contributed by atoms with E-state index < -0.39 is 9.05 Å². The Hall–Kier alpha value is -0.780. The van der Waals surface area contributed by atoms with Crippen molar-refractivity contribution >= 4 is 37.2 Å². The number of amides is 1. The SMILES string of the molecule is CN(C(=O)c1cc(Cl)cc(S(=O)(=O)Cl)c1)C1CCCC1. The van der Waals surface area contributed by atoms with Crippen molar-refractivity contribution in [1.29, 1.82) is 0 Å². The molecule has 110 valence electrons. The third-order valence-corrected chi connectivity index (χ3v) is 5.14. The Bertz CT molecular complexity index is 625. The topological polar surface area (TPSA) is 54.5 Å². The molecule has 0 heterocycles. The molecule has 1 amide bonds. The second kappa shape index (κ2) is 5.92. The smallest absolute Gasteiger partial charge is 0.261 e. The molecule has 4 nitrogen and oxygen atoms in total. The van der Waals surface area contributed by atoms with Crippen molar-refractivity contribution in [3.8, 4) is 0 Å². The lowest BCUT2D eigenvalue weighted by Crippen LogP contribution is -2.35. The molecule has 0 unspecified atom stereocenters. The molecular formula is C13H15Cl2NO3S. The number of benzene rings is 1. The van der Waals surface area contributed by atoms with Gasteiger partial charge >= 0.3 is 0 Å². The Kier molecular flexibility index (Phi) is 4.62. The molecule has 1 aliphatic rings. The second-order valence-corrected chi connectivity index (χ2v) is 7.97. The highest BCUT2D eigenvalue weighted by atomic mass is 35.7. The van der Waals surface area contributed by atoms with E-state index >= 15 is 0 Å². The lowest BCUT2D eigenvalue weighted by molar-refractivity contribution is 0.0735. The molecule has 0 aromatic heterocycles. The Morgan fingerprint density at radius 2 is 1.85 bits per heavy atom. The van der Waals surface area contributed by atoms with Crippen molar-refractivity contribution in [1.82, 2.24) is 4.90 Å². The minimum absolute atomic E-state index is 0.158. The number of hydrogen-bond acceptors (Lipinski definition) is 3. The van der Waals surface area contributed by atoms with Gasteiger partial charge in [-0.05, 0) is 31.0 Å². The lowest BCUT2D eigenvalue weighted by Gasteiger charge is -2.24. The maximum absolute atomic E-state index is 12.4. The van der Waals surface area contributed by atoms with Gasteiger partial charge in [-0.15, -0.1) is 0 Å². The lowest BCUT2D eigenvalue weighted by atomic mass is 10.1. The van der Waals surface area contributed by atoms with Crippen LogP contribution in [0.2, 0.25) is 5.02 Å². The summed E-state index contributed by atoms with van der Waals surface area (Å²) in [5.74, 6) is -0.235. The highest BCUT2D eigenvalue weighted by Crippen LogP contribution is 2.26. The van der Waals surface area contributed by atoms with Crippen molar-refractivity contribution < 1.29 is 13.2 Å². The van der Waals surface area contributed by atoms with E-state index in [1.54, 1.807) is 11.9 Å². The molecule has 1 fully saturated rings. The fourth-order valence-corrected chi connectivity index (χ4v) is 3.59. The number of carbonyl (C=O) groups is 1. The van der Waals surface area contributed by atoms with Gasteiger partial charge in [0.1, 0.15) is 0 Å². The zero-order valence-electron chi connectivity index (χ0n) is 11.0. The van der Waals surface area contributed by atoms with E-state index in [2.05, 4.69) is 0 Å². The van der Waals surface area contributed by atoms with Crippen LogP contribution < -0.4 is 0 Å². The normalized spacial score (nSPS) is 16.4. The van der Waals surface area contributed by atoms with Crippen LogP contribution in [0, 0.1) is 0 Å². The fourth-order valence-electron chi connectivity index (χ4n) is 2.49. The monoisotopic (exact) mass is 335 g/mol. The predicted molar refractivity (Wildman–Crippen MR) is 78.8 cm³/mol. The van der Waals surface area contributed by atoms with Crippen LogP contribution in [0.5, 0.6) is 0 Å². The molecule has 7 heteroatoms. The van der Waals surface area contributed by atoms with E-state index in [0.717, 1.165) is 25.7 Å². The van der Waals surface area contributed by atoms with Crippen LogP contribution in [0.15, 0.2) is 23.1 Å². The molecule has 1 aromatic rings. The van der Waals surface area contributed by atoms with Crippen molar-refractivity contribution in [3.05, 3.63) is 28.8 Å². The summed E-state index contributed by atoms with van der Waals surface area (Å²) in [6.07, 6.45) is 4.17. The van der Waals surface area contributed by atoms with E-state index in [0.29, 0.717) is 0 Å². The summed E-state index contributed by atoms with van der Waals surface area (Å²) >= 11 is 5.87. The fraction of sp³-hybridized carbons (Fsp3) is 0.462. The van der Waals surface area contributed by atoms with Gasteiger partial charge in [0.2, 0.25) is 0 Å². The van der Waals surface area contributed by atoms with E-state index in [1.165, 1.54) is 18.2 Å². The Morgan fingerprint density at radius 1 is 1.25 bits per heavy atom. The molecule has 0 spiro atoms. The second-order valence-electron chi connectivity index (χ2n) is 4.97. The highest BCUT2D eigenvalue weighted by molar-refractivity contribution is 8.13. The van der Waals surface area contributed by atoms with Crippen LogP contribution in [0.1, 0.15) is 36.0 Å².